The Morgan fingerprint density at radius 1 is 0.974 bits per heavy atom. The molecule has 0 fully saturated rings. The summed E-state index contributed by atoms with van der Waals surface area (Å²) in [6.07, 6.45) is -1.44. The lowest BCUT2D eigenvalue weighted by molar-refractivity contribution is 0.0327. The van der Waals surface area contributed by atoms with Crippen molar-refractivity contribution in [2.45, 2.75) is 64.4 Å². The summed E-state index contributed by atoms with van der Waals surface area (Å²) in [6, 6.07) is 21.8. The Labute approximate surface area is 229 Å². The fraction of sp³-hybridized carbons (Fsp3) is 0.367. The highest BCUT2D eigenvalue weighted by atomic mass is 35.5. The number of halogens is 1. The molecular formula is C30H36ClNO6. The van der Waals surface area contributed by atoms with E-state index in [-0.39, 0.29) is 12.3 Å². The lowest BCUT2D eigenvalue weighted by Gasteiger charge is -2.27. The molecule has 0 aliphatic heterocycles. The van der Waals surface area contributed by atoms with Crippen LogP contribution in [0.1, 0.15) is 51.2 Å². The van der Waals surface area contributed by atoms with Crippen molar-refractivity contribution >= 4 is 17.7 Å². The smallest absolute Gasteiger partial charge is 0.408 e. The molecule has 204 valence electrons. The first-order valence-electron chi connectivity index (χ1n) is 12.6. The highest BCUT2D eigenvalue weighted by Crippen LogP contribution is 2.34. The third kappa shape index (κ3) is 9.24. The molecule has 0 saturated carbocycles. The third-order valence-corrected chi connectivity index (χ3v) is 6.08. The van der Waals surface area contributed by atoms with Gasteiger partial charge in [-0.05, 0) is 68.5 Å². The second-order valence-electron chi connectivity index (χ2n) is 10.2. The van der Waals surface area contributed by atoms with Crippen LogP contribution in [0.3, 0.4) is 0 Å². The first-order chi connectivity index (χ1) is 18.0. The highest BCUT2D eigenvalue weighted by molar-refractivity contribution is 6.31. The number of ether oxygens (including phenoxy) is 3. The molecule has 3 unspecified atom stereocenters. The number of carbonyl (C=O) groups is 1. The second kappa shape index (κ2) is 13.5. The maximum Gasteiger partial charge on any atom is 0.408 e. The Bertz CT molecular complexity index is 1180. The highest BCUT2D eigenvalue weighted by Gasteiger charge is 2.26. The summed E-state index contributed by atoms with van der Waals surface area (Å²) in [5, 5.41) is 23.4. The lowest BCUT2D eigenvalue weighted by atomic mass is 9.92. The lowest BCUT2D eigenvalue weighted by Crippen LogP contribution is -2.47. The standard InChI is InChI=1S/C30H36ClNO6/c1-20(15-28(34)27(18-33)32-29(35)38-30(2,3)4)25-14-13-24(17-26(25)31)37-23-12-8-11-22(16-23)36-19-21-9-6-5-7-10-21/h5-14,16-17,20,27-28,33-34H,15,18-19H2,1-4H3,(H,32,35). The van der Waals surface area contributed by atoms with Crippen molar-refractivity contribution < 1.29 is 29.2 Å². The Balaban J connectivity index is 1.59. The van der Waals surface area contributed by atoms with Gasteiger partial charge < -0.3 is 29.7 Å². The van der Waals surface area contributed by atoms with Gasteiger partial charge >= 0.3 is 6.09 Å². The number of amides is 1. The van der Waals surface area contributed by atoms with Crippen LogP contribution in [0.15, 0.2) is 72.8 Å². The zero-order chi connectivity index (χ0) is 27.7. The van der Waals surface area contributed by atoms with E-state index in [1.165, 1.54) is 0 Å². The molecule has 0 aliphatic carbocycles. The number of alkyl carbamates (subject to hydrolysis) is 1. The molecule has 3 N–H and O–H groups in total. The number of rotatable bonds is 11. The van der Waals surface area contributed by atoms with Gasteiger partial charge in [0.2, 0.25) is 0 Å². The average Bonchev–Trinajstić information content (AvgIpc) is 2.85. The molecule has 8 heteroatoms. The molecule has 3 rings (SSSR count). The summed E-state index contributed by atoms with van der Waals surface area (Å²) in [4.78, 5) is 12.1. The number of hydrogen-bond donors (Lipinski definition) is 3. The van der Waals surface area contributed by atoms with E-state index >= 15 is 0 Å². The summed E-state index contributed by atoms with van der Waals surface area (Å²) in [6.45, 7) is 7.17. The number of aliphatic hydroxyl groups excluding tert-OH is 2. The van der Waals surface area contributed by atoms with Crippen LogP contribution >= 0.6 is 11.6 Å². The average molecular weight is 542 g/mol. The molecule has 0 bridgehead atoms. The van der Waals surface area contributed by atoms with Crippen LogP contribution < -0.4 is 14.8 Å². The molecule has 38 heavy (non-hydrogen) atoms. The zero-order valence-corrected chi connectivity index (χ0v) is 22.9. The summed E-state index contributed by atoms with van der Waals surface area (Å²) in [7, 11) is 0. The first-order valence-corrected chi connectivity index (χ1v) is 12.9. The van der Waals surface area contributed by atoms with Gasteiger partial charge in [-0.1, -0.05) is 61.0 Å². The Hall–Kier alpha value is -3.26. The normalized spacial score (nSPS) is 13.8. The molecule has 3 atom stereocenters. The van der Waals surface area contributed by atoms with Gasteiger partial charge in [-0.15, -0.1) is 0 Å². The van der Waals surface area contributed by atoms with Crippen molar-refractivity contribution in [2.24, 2.45) is 0 Å². The van der Waals surface area contributed by atoms with Crippen LogP contribution in [-0.2, 0) is 11.3 Å². The predicted octanol–water partition coefficient (Wildman–Crippen LogP) is 6.45. The van der Waals surface area contributed by atoms with Crippen LogP contribution in [0.2, 0.25) is 5.02 Å². The maximum atomic E-state index is 12.1. The van der Waals surface area contributed by atoms with E-state index in [1.54, 1.807) is 26.8 Å². The quantitative estimate of drug-likeness (QED) is 0.258. The van der Waals surface area contributed by atoms with E-state index < -0.39 is 30.4 Å². The van der Waals surface area contributed by atoms with Crippen LogP contribution in [0.5, 0.6) is 17.2 Å². The Morgan fingerprint density at radius 3 is 2.32 bits per heavy atom. The molecule has 0 aliphatic rings. The monoisotopic (exact) mass is 541 g/mol. The molecule has 0 radical (unpaired) electrons. The topological polar surface area (TPSA) is 97.3 Å². The zero-order valence-electron chi connectivity index (χ0n) is 22.2. The minimum absolute atomic E-state index is 0.157. The number of hydrogen-bond acceptors (Lipinski definition) is 6. The fourth-order valence-electron chi connectivity index (χ4n) is 3.85. The summed E-state index contributed by atoms with van der Waals surface area (Å²) >= 11 is 6.57. The van der Waals surface area contributed by atoms with Crippen LogP contribution in [0, 0.1) is 0 Å². The molecule has 0 heterocycles. The third-order valence-electron chi connectivity index (χ3n) is 5.75. The van der Waals surface area contributed by atoms with Crippen LogP contribution in [-0.4, -0.2) is 40.7 Å². The van der Waals surface area contributed by atoms with Crippen molar-refractivity contribution in [3.8, 4) is 17.2 Å². The van der Waals surface area contributed by atoms with E-state index in [1.807, 2.05) is 73.7 Å². The maximum absolute atomic E-state index is 12.1. The SMILES string of the molecule is CC(CC(O)C(CO)NC(=O)OC(C)(C)C)c1ccc(Oc2cccc(OCc3ccccc3)c2)cc1Cl. The first kappa shape index (κ1) is 29.3. The van der Waals surface area contributed by atoms with Crippen molar-refractivity contribution in [3.05, 3.63) is 88.9 Å². The van der Waals surface area contributed by atoms with E-state index in [4.69, 9.17) is 25.8 Å². The number of carbonyl (C=O) groups excluding carboxylic acids is 1. The van der Waals surface area contributed by atoms with Crippen molar-refractivity contribution in [3.63, 3.8) is 0 Å². The van der Waals surface area contributed by atoms with Crippen LogP contribution in [0.4, 0.5) is 4.79 Å². The van der Waals surface area contributed by atoms with E-state index in [9.17, 15) is 15.0 Å². The molecule has 0 spiro atoms. The van der Waals surface area contributed by atoms with Crippen LogP contribution in [0.25, 0.3) is 0 Å². The summed E-state index contributed by atoms with van der Waals surface area (Å²) in [5.41, 5.74) is 1.20. The second-order valence-corrected chi connectivity index (χ2v) is 10.6. The molecule has 3 aromatic rings. The van der Waals surface area contributed by atoms with E-state index in [0.717, 1.165) is 11.1 Å². The Kier molecular flexibility index (Phi) is 10.4. The largest absolute Gasteiger partial charge is 0.489 e. The predicted molar refractivity (Wildman–Crippen MR) is 148 cm³/mol. The molecule has 3 aromatic carbocycles. The molecule has 0 aromatic heterocycles. The minimum atomic E-state index is -1.01. The van der Waals surface area contributed by atoms with Gasteiger partial charge in [0.15, 0.2) is 0 Å². The van der Waals surface area contributed by atoms with Crippen molar-refractivity contribution in [1.29, 1.82) is 0 Å². The van der Waals surface area contributed by atoms with Gasteiger partial charge in [0.25, 0.3) is 0 Å². The molecule has 1 amide bonds. The minimum Gasteiger partial charge on any atom is -0.489 e. The summed E-state index contributed by atoms with van der Waals surface area (Å²) < 4.78 is 17.1. The number of aliphatic hydroxyl groups is 2. The van der Waals surface area contributed by atoms with Gasteiger partial charge in [-0.2, -0.15) is 0 Å². The van der Waals surface area contributed by atoms with Gasteiger partial charge in [0.1, 0.15) is 29.5 Å². The van der Waals surface area contributed by atoms with E-state index in [2.05, 4.69) is 5.32 Å². The summed E-state index contributed by atoms with van der Waals surface area (Å²) in [5.74, 6) is 1.71. The van der Waals surface area contributed by atoms with Gasteiger partial charge in [0.05, 0.1) is 18.8 Å². The van der Waals surface area contributed by atoms with Crippen molar-refractivity contribution in [1.82, 2.24) is 5.32 Å². The van der Waals surface area contributed by atoms with Gasteiger partial charge in [-0.25, -0.2) is 4.79 Å². The van der Waals surface area contributed by atoms with Gasteiger partial charge in [0, 0.05) is 11.1 Å². The number of nitrogens with one attached hydrogen (secondary N) is 1. The van der Waals surface area contributed by atoms with Gasteiger partial charge in [-0.3, -0.25) is 0 Å². The fourth-order valence-corrected chi connectivity index (χ4v) is 4.21. The number of benzene rings is 3. The Morgan fingerprint density at radius 2 is 1.66 bits per heavy atom. The molecule has 0 saturated heterocycles. The molecular weight excluding hydrogens is 506 g/mol. The van der Waals surface area contributed by atoms with Crippen molar-refractivity contribution in [2.75, 3.05) is 6.61 Å². The van der Waals surface area contributed by atoms with E-state index in [0.29, 0.717) is 28.9 Å². The molecule has 7 nitrogen and oxygen atoms in total.